The Labute approximate surface area is 236 Å². The maximum atomic E-state index is 14.0. The monoisotopic (exact) mass is 567 g/mol. The van der Waals surface area contributed by atoms with Gasteiger partial charge < -0.3 is 10.2 Å². The summed E-state index contributed by atoms with van der Waals surface area (Å²) in [6, 6.07) is 22.3. The lowest BCUT2D eigenvalue weighted by molar-refractivity contribution is -0.140. The zero-order valence-electron chi connectivity index (χ0n) is 23.0. The number of carbonyl (C=O) groups excluding carboxylic acids is 2. The minimum atomic E-state index is -4.08. The summed E-state index contributed by atoms with van der Waals surface area (Å²) in [6.45, 7) is 5.96. The van der Waals surface area contributed by atoms with Crippen LogP contribution in [0.1, 0.15) is 37.8 Å². The highest BCUT2D eigenvalue weighted by molar-refractivity contribution is 7.98. The van der Waals surface area contributed by atoms with Gasteiger partial charge in [0, 0.05) is 18.0 Å². The van der Waals surface area contributed by atoms with Crippen LogP contribution in [0.5, 0.6) is 0 Å². The van der Waals surface area contributed by atoms with Crippen LogP contribution >= 0.6 is 11.8 Å². The van der Waals surface area contributed by atoms with Gasteiger partial charge >= 0.3 is 0 Å². The van der Waals surface area contributed by atoms with Gasteiger partial charge in [0.2, 0.25) is 11.8 Å². The molecular weight excluding hydrogens is 530 g/mol. The highest BCUT2D eigenvalue weighted by Crippen LogP contribution is 2.26. The van der Waals surface area contributed by atoms with Crippen molar-refractivity contribution in [3.05, 3.63) is 90.0 Å². The first-order chi connectivity index (χ1) is 18.7. The van der Waals surface area contributed by atoms with Gasteiger partial charge in [0.05, 0.1) is 10.6 Å². The Morgan fingerprint density at radius 1 is 0.923 bits per heavy atom. The van der Waals surface area contributed by atoms with Crippen molar-refractivity contribution < 1.29 is 18.0 Å². The molecule has 0 fully saturated rings. The zero-order chi connectivity index (χ0) is 28.4. The summed E-state index contributed by atoms with van der Waals surface area (Å²) in [6.07, 6.45) is 3.08. The number of rotatable bonds is 13. The fourth-order valence-electron chi connectivity index (χ4n) is 4.18. The number of aryl methyl sites for hydroxylation is 1. The normalized spacial score (nSPS) is 12.0. The number of anilines is 1. The van der Waals surface area contributed by atoms with E-state index >= 15 is 0 Å². The molecule has 0 aliphatic heterocycles. The molecule has 7 nitrogen and oxygen atoms in total. The molecule has 0 radical (unpaired) electrons. The molecule has 9 heteroatoms. The van der Waals surface area contributed by atoms with E-state index < -0.39 is 28.5 Å². The van der Waals surface area contributed by atoms with Crippen LogP contribution in [0, 0.1) is 6.92 Å². The highest BCUT2D eigenvalue weighted by atomic mass is 32.2. The lowest BCUT2D eigenvalue weighted by Crippen LogP contribution is -2.52. The lowest BCUT2D eigenvalue weighted by Gasteiger charge is -2.33. The summed E-state index contributed by atoms with van der Waals surface area (Å²) < 4.78 is 29.0. The second-order valence-electron chi connectivity index (χ2n) is 9.25. The molecule has 208 valence electrons. The van der Waals surface area contributed by atoms with Gasteiger partial charge in [-0.3, -0.25) is 13.9 Å². The quantitative estimate of drug-likeness (QED) is 0.285. The third-order valence-electron chi connectivity index (χ3n) is 6.38. The predicted molar refractivity (Wildman–Crippen MR) is 158 cm³/mol. The predicted octanol–water partition coefficient (Wildman–Crippen LogP) is 5.25. The highest BCUT2D eigenvalue weighted by Gasteiger charge is 2.33. The molecule has 1 N–H and O–H groups in total. The van der Waals surface area contributed by atoms with Crippen LogP contribution in [0.15, 0.2) is 88.7 Å². The molecule has 3 aromatic carbocycles. The molecule has 39 heavy (non-hydrogen) atoms. The maximum Gasteiger partial charge on any atom is 0.264 e. The third-order valence-corrected chi connectivity index (χ3v) is 8.91. The van der Waals surface area contributed by atoms with Crippen molar-refractivity contribution >= 4 is 39.3 Å². The largest absolute Gasteiger partial charge is 0.354 e. The molecule has 0 aromatic heterocycles. The fourth-order valence-corrected chi connectivity index (χ4v) is 6.00. The zero-order valence-corrected chi connectivity index (χ0v) is 24.6. The van der Waals surface area contributed by atoms with Crippen molar-refractivity contribution in [3.8, 4) is 0 Å². The van der Waals surface area contributed by atoms with Crippen LogP contribution in [-0.4, -0.2) is 50.5 Å². The van der Waals surface area contributed by atoms with Gasteiger partial charge in [-0.25, -0.2) is 8.42 Å². The number of nitrogens with one attached hydrogen (secondary N) is 1. The minimum absolute atomic E-state index is 0.0935. The summed E-state index contributed by atoms with van der Waals surface area (Å²) in [7, 11) is -4.08. The van der Waals surface area contributed by atoms with E-state index in [0.717, 1.165) is 26.7 Å². The molecule has 1 unspecified atom stereocenters. The standard InChI is InChI=1S/C30H37N3O4S2/c1-5-20-31-30(35)28(6-2)32(21-24-10-8-7-9-11-24)29(34)22-33(25-14-12-23(3)13-15-25)39(36,37)27-18-16-26(38-4)17-19-27/h7-19,28H,5-6,20-22H2,1-4H3,(H,31,35). The van der Waals surface area contributed by atoms with Crippen molar-refractivity contribution in [3.63, 3.8) is 0 Å². The van der Waals surface area contributed by atoms with Crippen molar-refractivity contribution in [1.29, 1.82) is 0 Å². The number of hydrogen-bond donors (Lipinski definition) is 1. The molecule has 0 saturated carbocycles. The Hall–Kier alpha value is -3.30. The lowest BCUT2D eigenvalue weighted by atomic mass is 10.1. The van der Waals surface area contributed by atoms with Gasteiger partial charge in [-0.15, -0.1) is 11.8 Å². The summed E-state index contributed by atoms with van der Waals surface area (Å²) in [4.78, 5) is 29.6. The molecular formula is C30H37N3O4S2. The second kappa shape index (κ2) is 14.2. The van der Waals surface area contributed by atoms with Gasteiger partial charge in [-0.1, -0.05) is 61.9 Å². The Morgan fingerprint density at radius 3 is 2.13 bits per heavy atom. The molecule has 3 rings (SSSR count). The van der Waals surface area contributed by atoms with Crippen LogP contribution in [0.2, 0.25) is 0 Å². The number of amides is 2. The SMILES string of the molecule is CCCNC(=O)C(CC)N(Cc1ccccc1)C(=O)CN(c1ccc(C)cc1)S(=O)(=O)c1ccc(SC)cc1. The van der Waals surface area contributed by atoms with Crippen LogP contribution in [0.25, 0.3) is 0 Å². The number of nitrogens with zero attached hydrogens (tertiary/aromatic N) is 2. The fraction of sp³-hybridized carbons (Fsp3) is 0.333. The van der Waals surface area contributed by atoms with Gasteiger partial charge in [-0.05, 0) is 68.0 Å². The molecule has 0 saturated heterocycles. The number of hydrogen-bond acceptors (Lipinski definition) is 5. The summed E-state index contributed by atoms with van der Waals surface area (Å²) in [5, 5.41) is 2.90. The van der Waals surface area contributed by atoms with Gasteiger partial charge in [0.25, 0.3) is 10.0 Å². The number of thioether (sulfide) groups is 1. The van der Waals surface area contributed by atoms with Gasteiger partial charge in [0.1, 0.15) is 12.6 Å². The molecule has 0 aliphatic carbocycles. The van der Waals surface area contributed by atoms with Crippen molar-refractivity contribution in [1.82, 2.24) is 10.2 Å². The number of carbonyl (C=O) groups is 2. The molecule has 1 atom stereocenters. The molecule has 2 amide bonds. The van der Waals surface area contributed by atoms with E-state index in [1.54, 1.807) is 36.4 Å². The Kier molecular flexibility index (Phi) is 11.0. The van der Waals surface area contributed by atoms with Crippen LogP contribution in [-0.2, 0) is 26.2 Å². The average Bonchev–Trinajstić information content (AvgIpc) is 2.95. The van der Waals surface area contributed by atoms with Gasteiger partial charge in [0.15, 0.2) is 0 Å². The van der Waals surface area contributed by atoms with Gasteiger partial charge in [-0.2, -0.15) is 0 Å². The Balaban J connectivity index is 2.03. The molecule has 0 bridgehead atoms. The van der Waals surface area contributed by atoms with Crippen molar-refractivity contribution in [2.45, 2.75) is 56.0 Å². The number of sulfonamides is 1. The van der Waals surface area contributed by atoms with E-state index in [2.05, 4.69) is 5.32 Å². The molecule has 0 aliphatic rings. The molecule has 3 aromatic rings. The third kappa shape index (κ3) is 7.86. The van der Waals surface area contributed by atoms with E-state index in [9.17, 15) is 18.0 Å². The average molecular weight is 568 g/mol. The smallest absolute Gasteiger partial charge is 0.264 e. The summed E-state index contributed by atoms with van der Waals surface area (Å²) in [5.41, 5.74) is 2.20. The van der Waals surface area contributed by atoms with E-state index in [1.807, 2.05) is 69.5 Å². The summed E-state index contributed by atoms with van der Waals surface area (Å²) >= 11 is 1.52. The topological polar surface area (TPSA) is 86.8 Å². The van der Waals surface area contributed by atoms with Crippen molar-refractivity contribution in [2.24, 2.45) is 0 Å². The van der Waals surface area contributed by atoms with Crippen LogP contribution < -0.4 is 9.62 Å². The Bertz CT molecular complexity index is 1330. The first kappa shape index (κ1) is 30.2. The molecule has 0 heterocycles. The van der Waals surface area contributed by atoms with Crippen molar-refractivity contribution in [2.75, 3.05) is 23.7 Å². The first-order valence-electron chi connectivity index (χ1n) is 13.1. The first-order valence-corrected chi connectivity index (χ1v) is 15.7. The van der Waals surface area contributed by atoms with E-state index in [-0.39, 0.29) is 17.3 Å². The minimum Gasteiger partial charge on any atom is -0.354 e. The second-order valence-corrected chi connectivity index (χ2v) is 12.0. The van der Waals surface area contributed by atoms with Crippen LogP contribution in [0.3, 0.4) is 0 Å². The Morgan fingerprint density at radius 2 is 1.56 bits per heavy atom. The van der Waals surface area contributed by atoms with E-state index in [1.165, 1.54) is 16.7 Å². The molecule has 0 spiro atoms. The summed E-state index contributed by atoms with van der Waals surface area (Å²) in [5.74, 6) is -0.705. The van der Waals surface area contributed by atoms with Crippen LogP contribution in [0.4, 0.5) is 5.69 Å². The van der Waals surface area contributed by atoms with E-state index in [0.29, 0.717) is 18.7 Å². The number of benzene rings is 3. The van der Waals surface area contributed by atoms with E-state index in [4.69, 9.17) is 0 Å². The maximum absolute atomic E-state index is 14.0.